The molecule has 2 heterocycles. The van der Waals surface area contributed by atoms with Gasteiger partial charge in [0.25, 0.3) is 0 Å². The van der Waals surface area contributed by atoms with Crippen LogP contribution >= 0.6 is 0 Å². The van der Waals surface area contributed by atoms with Crippen molar-refractivity contribution in [3.8, 4) is 0 Å². The van der Waals surface area contributed by atoms with Gasteiger partial charge in [-0.05, 0) is 13.3 Å². The normalized spacial score (nSPS) is 28.8. The second kappa shape index (κ2) is 4.58. The first kappa shape index (κ1) is 11.7. The summed E-state index contributed by atoms with van der Waals surface area (Å²) in [6.45, 7) is 4.63. The number of sulfonamides is 1. The molecule has 0 aromatic carbocycles. The summed E-state index contributed by atoms with van der Waals surface area (Å²) in [4.78, 5) is 4.24. The molecule has 0 spiro atoms. The van der Waals surface area contributed by atoms with Crippen LogP contribution in [0.3, 0.4) is 0 Å². The topological polar surface area (TPSA) is 73.8 Å². The number of nitrogens with zero attached hydrogens (tertiary/aromatic N) is 2. The minimum absolute atomic E-state index is 0.295. The Hall–Kier alpha value is -0.820. The molecule has 1 fully saturated rings. The summed E-state index contributed by atoms with van der Waals surface area (Å²) in [6.07, 6.45) is 0.749. The third kappa shape index (κ3) is 2.65. The molecule has 0 aliphatic carbocycles. The van der Waals surface area contributed by atoms with Gasteiger partial charge in [-0.2, -0.15) is 0 Å². The van der Waals surface area contributed by atoms with Crippen molar-refractivity contribution in [1.29, 1.82) is 0 Å². The third-order valence-electron chi connectivity index (χ3n) is 2.76. The van der Waals surface area contributed by atoms with Gasteiger partial charge in [0, 0.05) is 25.7 Å². The van der Waals surface area contributed by atoms with Crippen molar-refractivity contribution in [2.24, 2.45) is 4.99 Å². The van der Waals surface area contributed by atoms with Crippen LogP contribution in [-0.4, -0.2) is 56.7 Å². The fraction of sp³-hybridized carbons (Fsp3) is 0.889. The molecule has 2 aliphatic rings. The molecule has 0 saturated carbocycles. The Morgan fingerprint density at radius 2 is 2.44 bits per heavy atom. The van der Waals surface area contributed by atoms with Crippen LogP contribution in [0.4, 0.5) is 0 Å². The summed E-state index contributed by atoms with van der Waals surface area (Å²) < 4.78 is 24.5. The van der Waals surface area contributed by atoms with Crippen LogP contribution in [0.5, 0.6) is 0 Å². The van der Waals surface area contributed by atoms with E-state index >= 15 is 0 Å². The average Bonchev–Trinajstić information content (AvgIpc) is 2.74. The summed E-state index contributed by atoms with van der Waals surface area (Å²) in [5, 5.41) is 6.28. The van der Waals surface area contributed by atoms with Gasteiger partial charge in [0.05, 0.1) is 12.3 Å². The second-order valence-corrected chi connectivity index (χ2v) is 6.32. The van der Waals surface area contributed by atoms with E-state index in [1.54, 1.807) is 4.31 Å². The zero-order chi connectivity index (χ0) is 11.6. The van der Waals surface area contributed by atoms with Crippen LogP contribution in [0.2, 0.25) is 0 Å². The van der Waals surface area contributed by atoms with Crippen LogP contribution in [0.15, 0.2) is 4.99 Å². The van der Waals surface area contributed by atoms with Gasteiger partial charge in [-0.25, -0.2) is 12.7 Å². The van der Waals surface area contributed by atoms with Crippen LogP contribution in [0.25, 0.3) is 0 Å². The number of hydrogen-bond acceptors (Lipinski definition) is 5. The van der Waals surface area contributed by atoms with Crippen LogP contribution in [0.1, 0.15) is 13.3 Å². The van der Waals surface area contributed by atoms with Gasteiger partial charge >= 0.3 is 0 Å². The third-order valence-corrected chi connectivity index (χ3v) is 4.72. The maximum Gasteiger partial charge on any atom is 0.214 e. The largest absolute Gasteiger partial charge is 0.355 e. The molecule has 16 heavy (non-hydrogen) atoms. The fourth-order valence-electron chi connectivity index (χ4n) is 1.90. The first-order chi connectivity index (χ1) is 7.58. The van der Waals surface area contributed by atoms with E-state index in [9.17, 15) is 8.42 Å². The van der Waals surface area contributed by atoms with Gasteiger partial charge in [0.15, 0.2) is 5.96 Å². The smallest absolute Gasteiger partial charge is 0.214 e. The van der Waals surface area contributed by atoms with Gasteiger partial charge < -0.3 is 10.6 Å². The highest BCUT2D eigenvalue weighted by molar-refractivity contribution is 7.89. The molecule has 92 valence electrons. The molecular formula is C9H18N4O2S. The summed E-state index contributed by atoms with van der Waals surface area (Å²) in [5.74, 6) is 1.08. The predicted octanol–water partition coefficient (Wildman–Crippen LogP) is -1.04. The Kier molecular flexibility index (Phi) is 3.34. The van der Waals surface area contributed by atoms with E-state index in [1.165, 1.54) is 0 Å². The molecule has 0 radical (unpaired) electrons. The van der Waals surface area contributed by atoms with Crippen molar-refractivity contribution in [2.75, 3.05) is 31.9 Å². The van der Waals surface area contributed by atoms with Gasteiger partial charge in [0.2, 0.25) is 10.0 Å². The summed E-state index contributed by atoms with van der Waals surface area (Å²) in [5.41, 5.74) is 0. The van der Waals surface area contributed by atoms with Crippen LogP contribution in [0, 0.1) is 0 Å². The molecule has 1 atom stereocenters. The van der Waals surface area contributed by atoms with Crippen molar-refractivity contribution >= 4 is 16.0 Å². The molecule has 0 bridgehead atoms. The fourth-order valence-corrected chi connectivity index (χ4v) is 3.43. The molecule has 0 aromatic rings. The standard InChI is InChI=1S/C9H18N4O2S/c1-8-7-11-9(12-8)10-3-5-13-4-2-6-16(13,14)15/h8H,2-7H2,1H3,(H2,10,11,12). The van der Waals surface area contributed by atoms with Crippen molar-refractivity contribution in [2.45, 2.75) is 19.4 Å². The van der Waals surface area contributed by atoms with E-state index in [0.29, 0.717) is 31.4 Å². The van der Waals surface area contributed by atoms with E-state index in [2.05, 4.69) is 22.5 Å². The Morgan fingerprint density at radius 1 is 1.62 bits per heavy atom. The van der Waals surface area contributed by atoms with Crippen LogP contribution < -0.4 is 10.6 Å². The highest BCUT2D eigenvalue weighted by atomic mass is 32.2. The Morgan fingerprint density at radius 3 is 3.00 bits per heavy atom. The number of guanidine groups is 1. The molecule has 6 nitrogen and oxygen atoms in total. The first-order valence-corrected chi connectivity index (χ1v) is 7.21. The first-order valence-electron chi connectivity index (χ1n) is 5.60. The Balaban J connectivity index is 1.73. The van der Waals surface area contributed by atoms with Gasteiger partial charge in [0.1, 0.15) is 0 Å². The lowest BCUT2D eigenvalue weighted by molar-refractivity contribution is 0.445. The maximum atomic E-state index is 11.5. The lowest BCUT2D eigenvalue weighted by Crippen LogP contribution is -2.41. The predicted molar refractivity (Wildman–Crippen MR) is 62.9 cm³/mol. The zero-order valence-corrected chi connectivity index (χ0v) is 10.3. The van der Waals surface area contributed by atoms with Crippen molar-refractivity contribution < 1.29 is 8.42 Å². The molecule has 2 rings (SSSR count). The number of nitrogens with one attached hydrogen (secondary N) is 2. The minimum atomic E-state index is -2.96. The van der Waals surface area contributed by atoms with Crippen molar-refractivity contribution in [3.05, 3.63) is 0 Å². The second-order valence-electron chi connectivity index (χ2n) is 4.23. The molecule has 1 unspecified atom stereocenters. The SMILES string of the molecule is CC1CN=C(NCCN2CCCS2(=O)=O)N1. The quantitative estimate of drug-likeness (QED) is 0.667. The average molecular weight is 246 g/mol. The summed E-state index contributed by atoms with van der Waals surface area (Å²) in [7, 11) is -2.96. The van der Waals surface area contributed by atoms with Crippen molar-refractivity contribution in [3.63, 3.8) is 0 Å². The van der Waals surface area contributed by atoms with Crippen LogP contribution in [-0.2, 0) is 10.0 Å². The van der Waals surface area contributed by atoms with Gasteiger partial charge in [-0.3, -0.25) is 4.99 Å². The van der Waals surface area contributed by atoms with Gasteiger partial charge in [-0.15, -0.1) is 0 Å². The van der Waals surface area contributed by atoms with Gasteiger partial charge in [-0.1, -0.05) is 0 Å². The Labute approximate surface area is 96.2 Å². The highest BCUT2D eigenvalue weighted by Crippen LogP contribution is 2.11. The number of rotatable bonds is 3. The molecular weight excluding hydrogens is 228 g/mol. The zero-order valence-electron chi connectivity index (χ0n) is 9.44. The molecule has 0 aromatic heterocycles. The minimum Gasteiger partial charge on any atom is -0.355 e. The molecule has 0 amide bonds. The lowest BCUT2D eigenvalue weighted by atomic mass is 10.4. The van der Waals surface area contributed by atoms with Crippen molar-refractivity contribution in [1.82, 2.24) is 14.9 Å². The monoisotopic (exact) mass is 246 g/mol. The van der Waals surface area contributed by atoms with E-state index in [1.807, 2.05) is 0 Å². The maximum absolute atomic E-state index is 11.5. The highest BCUT2D eigenvalue weighted by Gasteiger charge is 2.27. The molecule has 7 heteroatoms. The Bertz CT molecular complexity index is 379. The van der Waals surface area contributed by atoms with E-state index < -0.39 is 10.0 Å². The lowest BCUT2D eigenvalue weighted by Gasteiger charge is -2.15. The molecule has 2 aliphatic heterocycles. The number of hydrogen-bond donors (Lipinski definition) is 2. The number of aliphatic imine (C=N–C) groups is 1. The van der Waals surface area contributed by atoms with E-state index in [0.717, 1.165) is 18.9 Å². The molecule has 1 saturated heterocycles. The van der Waals surface area contributed by atoms with E-state index in [-0.39, 0.29) is 0 Å². The molecule has 2 N–H and O–H groups in total. The summed E-state index contributed by atoms with van der Waals surface area (Å²) in [6, 6.07) is 0.373. The summed E-state index contributed by atoms with van der Waals surface area (Å²) >= 11 is 0. The van der Waals surface area contributed by atoms with E-state index in [4.69, 9.17) is 0 Å².